The number of benzene rings is 3. The second-order valence-electron chi connectivity index (χ2n) is 11.3. The summed E-state index contributed by atoms with van der Waals surface area (Å²) in [5.41, 5.74) is 1.92. The Labute approximate surface area is 259 Å². The van der Waals surface area contributed by atoms with Crippen molar-refractivity contribution in [3.05, 3.63) is 88.3 Å². The molecule has 0 bridgehead atoms. The van der Waals surface area contributed by atoms with Gasteiger partial charge in [0.05, 0.1) is 17.4 Å². The first-order valence-electron chi connectivity index (χ1n) is 13.9. The standard InChI is InChI=1S/C33H32N4O4S2/c1-20(29(38)36-31-27(18-34)26-14-15-37(19-28(26)43-31)32(40)41-33(2,3)4)42-25-11-7-10-24(17-25)35-30(39)23-13-12-21-8-5-6-9-22(21)16-23/h5-13,16-17,20H,14-15,19H2,1-4H3,(H,35,39)(H,36,38). The van der Waals surface area contributed by atoms with Crippen LogP contribution in [0.4, 0.5) is 15.5 Å². The van der Waals surface area contributed by atoms with Gasteiger partial charge in [-0.25, -0.2) is 4.79 Å². The largest absolute Gasteiger partial charge is 0.444 e. The van der Waals surface area contributed by atoms with Crippen LogP contribution in [-0.2, 0) is 22.5 Å². The van der Waals surface area contributed by atoms with E-state index in [4.69, 9.17) is 4.74 Å². The monoisotopic (exact) mass is 612 g/mol. The zero-order valence-electron chi connectivity index (χ0n) is 24.4. The van der Waals surface area contributed by atoms with Gasteiger partial charge in [0, 0.05) is 27.6 Å². The normalized spacial score (nSPS) is 13.5. The van der Waals surface area contributed by atoms with Gasteiger partial charge in [-0.05, 0) is 80.8 Å². The molecule has 0 saturated carbocycles. The van der Waals surface area contributed by atoms with E-state index >= 15 is 0 Å². The maximum atomic E-state index is 13.2. The van der Waals surface area contributed by atoms with Crippen LogP contribution in [-0.4, -0.2) is 40.2 Å². The third-order valence-electron chi connectivity index (χ3n) is 6.84. The fourth-order valence-electron chi connectivity index (χ4n) is 4.74. The fraction of sp³-hybridized carbons (Fsp3) is 0.273. The van der Waals surface area contributed by atoms with E-state index in [1.807, 2.05) is 81.4 Å². The number of nitrogens with one attached hydrogen (secondary N) is 2. The Kier molecular flexibility index (Phi) is 8.76. The third kappa shape index (κ3) is 7.19. The molecule has 0 aliphatic carbocycles. The molecule has 2 heterocycles. The van der Waals surface area contributed by atoms with Gasteiger partial charge in [-0.3, -0.25) is 9.59 Å². The lowest BCUT2D eigenvalue weighted by Gasteiger charge is -2.29. The first-order chi connectivity index (χ1) is 20.5. The number of thioether (sulfide) groups is 1. The molecule has 220 valence electrons. The summed E-state index contributed by atoms with van der Waals surface area (Å²) in [4.78, 5) is 42.0. The lowest BCUT2D eigenvalue weighted by Crippen LogP contribution is -2.39. The molecule has 1 atom stereocenters. The van der Waals surface area contributed by atoms with Crippen molar-refractivity contribution in [2.45, 2.75) is 56.4 Å². The van der Waals surface area contributed by atoms with Crippen LogP contribution in [0.1, 0.15) is 54.1 Å². The van der Waals surface area contributed by atoms with Gasteiger partial charge in [0.15, 0.2) is 0 Å². The van der Waals surface area contributed by atoms with Crippen LogP contribution in [0.2, 0.25) is 0 Å². The zero-order valence-corrected chi connectivity index (χ0v) is 26.0. The summed E-state index contributed by atoms with van der Waals surface area (Å²) < 4.78 is 5.51. The fourth-order valence-corrected chi connectivity index (χ4v) is 6.89. The van der Waals surface area contributed by atoms with Crippen molar-refractivity contribution in [3.8, 4) is 6.07 Å². The number of carbonyl (C=O) groups excluding carboxylic acids is 3. The van der Waals surface area contributed by atoms with Gasteiger partial charge in [0.25, 0.3) is 5.91 Å². The summed E-state index contributed by atoms with van der Waals surface area (Å²) in [7, 11) is 0. The molecule has 1 aliphatic rings. The molecule has 1 aromatic heterocycles. The summed E-state index contributed by atoms with van der Waals surface area (Å²) in [5, 5.41) is 17.8. The molecule has 0 radical (unpaired) electrons. The minimum atomic E-state index is -0.597. The van der Waals surface area contributed by atoms with Crippen LogP contribution >= 0.6 is 23.1 Å². The van der Waals surface area contributed by atoms with Crippen molar-refractivity contribution in [2.75, 3.05) is 17.2 Å². The molecule has 3 aromatic carbocycles. The second kappa shape index (κ2) is 12.5. The predicted molar refractivity (Wildman–Crippen MR) is 172 cm³/mol. The number of hydrogen-bond donors (Lipinski definition) is 2. The topological polar surface area (TPSA) is 112 Å². The minimum Gasteiger partial charge on any atom is -0.444 e. The Morgan fingerprint density at radius 3 is 2.53 bits per heavy atom. The first-order valence-corrected chi connectivity index (χ1v) is 15.6. The van der Waals surface area contributed by atoms with E-state index in [2.05, 4.69) is 16.7 Å². The first kappa shape index (κ1) is 30.1. The van der Waals surface area contributed by atoms with Gasteiger partial charge in [-0.15, -0.1) is 23.1 Å². The number of ether oxygens (including phenoxy) is 1. The molecule has 2 N–H and O–H groups in total. The second-order valence-corrected chi connectivity index (χ2v) is 13.8. The van der Waals surface area contributed by atoms with Gasteiger partial charge in [-0.1, -0.05) is 36.4 Å². The van der Waals surface area contributed by atoms with E-state index in [-0.39, 0.29) is 11.8 Å². The van der Waals surface area contributed by atoms with Crippen LogP contribution in [0.5, 0.6) is 0 Å². The SMILES string of the molecule is CC(Sc1cccc(NC(=O)c2ccc3ccccc3c2)c1)C(=O)Nc1sc2c(c1C#N)CCN(C(=O)OC(C)(C)C)C2. The van der Waals surface area contributed by atoms with Crippen molar-refractivity contribution in [1.82, 2.24) is 4.90 Å². The van der Waals surface area contributed by atoms with Crippen molar-refractivity contribution in [2.24, 2.45) is 0 Å². The molecule has 1 aliphatic heterocycles. The summed E-state index contributed by atoms with van der Waals surface area (Å²) in [6.45, 7) is 8.05. The lowest BCUT2D eigenvalue weighted by atomic mass is 10.0. The molecule has 0 spiro atoms. The third-order valence-corrected chi connectivity index (χ3v) is 9.07. The Morgan fingerprint density at radius 1 is 1.02 bits per heavy atom. The van der Waals surface area contributed by atoms with Crippen LogP contribution in [0.15, 0.2) is 71.6 Å². The maximum Gasteiger partial charge on any atom is 0.410 e. The van der Waals surface area contributed by atoms with Crippen LogP contribution in [0, 0.1) is 11.3 Å². The molecule has 8 nitrogen and oxygen atoms in total. The molecule has 43 heavy (non-hydrogen) atoms. The van der Waals surface area contributed by atoms with Crippen molar-refractivity contribution >= 4 is 62.5 Å². The molecule has 10 heteroatoms. The average Bonchev–Trinajstić information content (AvgIpc) is 3.32. The highest BCUT2D eigenvalue weighted by Crippen LogP contribution is 2.38. The van der Waals surface area contributed by atoms with Gasteiger partial charge in [0.1, 0.15) is 16.7 Å². The van der Waals surface area contributed by atoms with Crippen molar-refractivity contribution in [3.63, 3.8) is 0 Å². The van der Waals surface area contributed by atoms with E-state index in [9.17, 15) is 19.6 Å². The van der Waals surface area contributed by atoms with Gasteiger partial charge >= 0.3 is 6.09 Å². The highest BCUT2D eigenvalue weighted by atomic mass is 32.2. The molecule has 5 rings (SSSR count). The number of nitriles is 1. The number of amides is 3. The number of rotatable bonds is 6. The Balaban J connectivity index is 1.22. The number of anilines is 2. The molecule has 4 aromatic rings. The Hall–Kier alpha value is -4.33. The van der Waals surface area contributed by atoms with E-state index < -0.39 is 16.9 Å². The van der Waals surface area contributed by atoms with Gasteiger partial charge < -0.3 is 20.3 Å². The minimum absolute atomic E-state index is 0.213. The highest BCUT2D eigenvalue weighted by molar-refractivity contribution is 8.00. The Bertz CT molecular complexity index is 1750. The molecule has 0 saturated heterocycles. The smallest absolute Gasteiger partial charge is 0.410 e. The molecular formula is C33H32N4O4S2. The molecule has 3 amide bonds. The lowest BCUT2D eigenvalue weighted by molar-refractivity contribution is -0.115. The number of carbonyl (C=O) groups is 3. The highest BCUT2D eigenvalue weighted by Gasteiger charge is 2.30. The van der Waals surface area contributed by atoms with Gasteiger partial charge in [0.2, 0.25) is 5.91 Å². The van der Waals surface area contributed by atoms with E-state index in [0.717, 1.165) is 26.1 Å². The molecule has 1 unspecified atom stereocenters. The number of thiophene rings is 1. The maximum absolute atomic E-state index is 13.2. The number of nitrogens with zero attached hydrogens (tertiary/aromatic N) is 2. The van der Waals surface area contributed by atoms with Crippen LogP contribution < -0.4 is 10.6 Å². The summed E-state index contributed by atoms with van der Waals surface area (Å²) in [5.74, 6) is -0.454. The quantitative estimate of drug-likeness (QED) is 0.219. The van der Waals surface area contributed by atoms with E-state index in [1.165, 1.54) is 23.1 Å². The summed E-state index contributed by atoms with van der Waals surface area (Å²) >= 11 is 2.68. The van der Waals surface area contributed by atoms with Gasteiger partial charge in [-0.2, -0.15) is 5.26 Å². The van der Waals surface area contributed by atoms with Crippen molar-refractivity contribution in [1.29, 1.82) is 5.26 Å². The number of hydrogen-bond acceptors (Lipinski definition) is 7. The Morgan fingerprint density at radius 2 is 1.79 bits per heavy atom. The van der Waals surface area contributed by atoms with E-state index in [1.54, 1.807) is 17.9 Å². The molecule has 0 fully saturated rings. The summed E-state index contributed by atoms with van der Waals surface area (Å²) in [6.07, 6.45) is 0.127. The van der Waals surface area contributed by atoms with Crippen LogP contribution in [0.3, 0.4) is 0 Å². The predicted octanol–water partition coefficient (Wildman–Crippen LogP) is 7.44. The van der Waals surface area contributed by atoms with Crippen molar-refractivity contribution < 1.29 is 19.1 Å². The zero-order chi connectivity index (χ0) is 30.7. The average molecular weight is 613 g/mol. The van der Waals surface area contributed by atoms with E-state index in [0.29, 0.717) is 41.3 Å². The summed E-state index contributed by atoms with van der Waals surface area (Å²) in [6, 6.07) is 23.1. The number of fused-ring (bicyclic) bond motifs is 2. The van der Waals surface area contributed by atoms with Crippen LogP contribution in [0.25, 0.3) is 10.8 Å². The molecular weight excluding hydrogens is 581 g/mol.